The van der Waals surface area contributed by atoms with Crippen LogP contribution in [0.1, 0.15) is 36.2 Å². The van der Waals surface area contributed by atoms with Crippen LogP contribution in [0.3, 0.4) is 0 Å². The monoisotopic (exact) mass is 366 g/mol. The Bertz CT molecular complexity index is 791. The third-order valence-corrected chi connectivity index (χ3v) is 6.29. The zero-order chi connectivity index (χ0) is 15.6. The minimum atomic E-state index is -0.109. The Kier molecular flexibility index (Phi) is 3.83. The van der Waals surface area contributed by atoms with E-state index in [0.717, 1.165) is 5.39 Å². The van der Waals surface area contributed by atoms with Crippen LogP contribution >= 0.6 is 24.0 Å². The van der Waals surface area contributed by atoms with Gasteiger partial charge in [0, 0.05) is 10.9 Å². The van der Waals surface area contributed by atoms with Crippen LogP contribution < -0.4 is 5.32 Å². The van der Waals surface area contributed by atoms with Crippen LogP contribution in [0.15, 0.2) is 28.7 Å². The number of benzene rings is 1. The average Bonchev–Trinajstić information content (AvgIpc) is 3.21. The molecule has 1 spiro atoms. The summed E-state index contributed by atoms with van der Waals surface area (Å²) in [6.07, 6.45) is 4.80. The molecule has 1 aromatic heterocycles. The third kappa shape index (κ3) is 2.27. The molecule has 4 heterocycles. The Hall–Kier alpha value is -1.23. The maximum atomic E-state index is 12.7. The molecule has 6 heteroatoms. The lowest BCUT2D eigenvalue weighted by Crippen LogP contribution is -2.65. The van der Waals surface area contributed by atoms with Gasteiger partial charge in [-0.15, -0.1) is 12.4 Å². The Morgan fingerprint density at radius 2 is 2.04 bits per heavy atom. The van der Waals surface area contributed by atoms with E-state index < -0.39 is 0 Å². The summed E-state index contributed by atoms with van der Waals surface area (Å²) < 4.78 is 5.71. The molecule has 4 nitrogen and oxygen atoms in total. The van der Waals surface area contributed by atoms with E-state index in [1.807, 2.05) is 12.1 Å². The molecule has 24 heavy (non-hydrogen) atoms. The maximum Gasteiger partial charge on any atom is 0.287 e. The number of hydrogen-bond donors (Lipinski definition) is 1. The van der Waals surface area contributed by atoms with Crippen molar-refractivity contribution in [3.05, 3.63) is 35.0 Å². The summed E-state index contributed by atoms with van der Waals surface area (Å²) in [7, 11) is 0. The van der Waals surface area contributed by atoms with Crippen molar-refractivity contribution in [2.24, 2.45) is 5.92 Å². The summed E-state index contributed by atoms with van der Waals surface area (Å²) in [4.78, 5) is 15.3. The van der Waals surface area contributed by atoms with Crippen molar-refractivity contribution in [2.45, 2.75) is 37.3 Å². The summed E-state index contributed by atoms with van der Waals surface area (Å²) in [6, 6.07) is 7.62. The van der Waals surface area contributed by atoms with Crippen LogP contribution in [-0.2, 0) is 0 Å². The highest BCUT2D eigenvalue weighted by Crippen LogP contribution is 2.53. The van der Waals surface area contributed by atoms with E-state index in [9.17, 15) is 4.79 Å². The molecule has 0 radical (unpaired) electrons. The quantitative estimate of drug-likeness (QED) is 0.877. The van der Waals surface area contributed by atoms with Crippen molar-refractivity contribution < 1.29 is 9.21 Å². The average molecular weight is 367 g/mol. The number of hydrogen-bond acceptors (Lipinski definition) is 3. The number of furan rings is 1. The molecule has 6 rings (SSSR count). The van der Waals surface area contributed by atoms with Gasteiger partial charge in [-0.2, -0.15) is 0 Å². The van der Waals surface area contributed by atoms with Gasteiger partial charge in [-0.25, -0.2) is 0 Å². The highest BCUT2D eigenvalue weighted by Gasteiger charge is 2.60. The van der Waals surface area contributed by atoms with Crippen molar-refractivity contribution in [2.75, 3.05) is 13.1 Å². The van der Waals surface area contributed by atoms with Gasteiger partial charge in [-0.3, -0.25) is 9.69 Å². The van der Waals surface area contributed by atoms with Crippen LogP contribution in [0, 0.1) is 5.92 Å². The lowest BCUT2D eigenvalue weighted by Gasteiger charge is -2.52. The fraction of sp³-hybridized carbons (Fsp3) is 0.500. The molecule has 1 amide bonds. The largest absolute Gasteiger partial charge is 0.449 e. The van der Waals surface area contributed by atoms with Gasteiger partial charge in [0.15, 0.2) is 11.3 Å². The minimum Gasteiger partial charge on any atom is -0.449 e. The first-order valence-electron chi connectivity index (χ1n) is 8.41. The first-order valence-corrected chi connectivity index (χ1v) is 8.79. The molecule has 0 unspecified atom stereocenters. The standard InChI is InChI=1S/C18H19ClN2O2.ClH/c19-13-3-1-2-12-10-14(23-15(12)13)17(22)20-16-11-4-8-21(9-5-11)18(16)6-7-18;/h1-3,10-11,16H,4-9H2,(H,20,22);1H/t16-;/m1./s1. The van der Waals surface area contributed by atoms with Crippen LogP contribution in [0.2, 0.25) is 5.02 Å². The molecule has 3 aliphatic heterocycles. The second-order valence-electron chi connectivity index (χ2n) is 7.15. The molecule has 2 bridgehead atoms. The summed E-state index contributed by atoms with van der Waals surface area (Å²) in [5, 5.41) is 4.70. The van der Waals surface area contributed by atoms with Crippen LogP contribution in [-0.4, -0.2) is 35.5 Å². The fourth-order valence-electron chi connectivity index (χ4n) is 4.67. The molecule has 3 saturated heterocycles. The third-order valence-electron chi connectivity index (χ3n) is 5.99. The number of piperidine rings is 3. The first kappa shape index (κ1) is 16.2. The van der Waals surface area contributed by atoms with Crippen LogP contribution in [0.5, 0.6) is 0 Å². The van der Waals surface area contributed by atoms with E-state index in [1.54, 1.807) is 12.1 Å². The van der Waals surface area contributed by atoms with E-state index >= 15 is 0 Å². The number of para-hydroxylation sites is 1. The minimum absolute atomic E-state index is 0. The molecule has 1 N–H and O–H groups in total. The highest BCUT2D eigenvalue weighted by atomic mass is 35.5. The first-order chi connectivity index (χ1) is 11.2. The summed E-state index contributed by atoms with van der Waals surface area (Å²) in [5.41, 5.74) is 0.829. The van der Waals surface area contributed by atoms with Gasteiger partial charge in [0.2, 0.25) is 0 Å². The van der Waals surface area contributed by atoms with E-state index in [-0.39, 0.29) is 29.9 Å². The molecule has 2 aromatic rings. The number of carbonyl (C=O) groups is 1. The second kappa shape index (κ2) is 5.65. The van der Waals surface area contributed by atoms with Gasteiger partial charge < -0.3 is 9.73 Å². The fourth-order valence-corrected chi connectivity index (χ4v) is 4.89. The summed E-state index contributed by atoms with van der Waals surface area (Å²) >= 11 is 6.14. The van der Waals surface area contributed by atoms with E-state index in [2.05, 4.69) is 10.2 Å². The molecular formula is C18H20Cl2N2O2. The lowest BCUT2D eigenvalue weighted by atomic mass is 9.77. The summed E-state index contributed by atoms with van der Waals surface area (Å²) in [6.45, 7) is 2.38. The van der Waals surface area contributed by atoms with Crippen molar-refractivity contribution >= 4 is 40.9 Å². The predicted molar refractivity (Wildman–Crippen MR) is 96.0 cm³/mol. The smallest absolute Gasteiger partial charge is 0.287 e. The topological polar surface area (TPSA) is 45.5 Å². The van der Waals surface area contributed by atoms with E-state index in [4.69, 9.17) is 16.0 Å². The van der Waals surface area contributed by atoms with Crippen LogP contribution in [0.4, 0.5) is 0 Å². The Morgan fingerprint density at radius 1 is 1.29 bits per heavy atom. The molecule has 1 saturated carbocycles. The number of fused-ring (bicyclic) bond motifs is 3. The van der Waals surface area contributed by atoms with E-state index in [0.29, 0.717) is 22.3 Å². The lowest BCUT2D eigenvalue weighted by molar-refractivity contribution is -0.00182. The second-order valence-corrected chi connectivity index (χ2v) is 7.56. The zero-order valence-corrected chi connectivity index (χ0v) is 14.8. The molecule has 4 aliphatic rings. The molecular weight excluding hydrogens is 347 g/mol. The maximum absolute atomic E-state index is 12.7. The van der Waals surface area contributed by atoms with Gasteiger partial charge in [-0.05, 0) is 56.8 Å². The molecule has 128 valence electrons. The molecule has 4 fully saturated rings. The summed E-state index contributed by atoms with van der Waals surface area (Å²) in [5.74, 6) is 0.863. The van der Waals surface area contributed by atoms with Crippen molar-refractivity contribution in [3.8, 4) is 0 Å². The van der Waals surface area contributed by atoms with Crippen LogP contribution in [0.25, 0.3) is 11.0 Å². The highest BCUT2D eigenvalue weighted by molar-refractivity contribution is 6.34. The number of carbonyl (C=O) groups excluding carboxylic acids is 1. The zero-order valence-electron chi connectivity index (χ0n) is 13.3. The van der Waals surface area contributed by atoms with Gasteiger partial charge in [0.1, 0.15) is 0 Å². The Balaban J connectivity index is 0.00000146. The number of amides is 1. The van der Waals surface area contributed by atoms with Crippen molar-refractivity contribution in [1.82, 2.24) is 10.2 Å². The predicted octanol–water partition coefficient (Wildman–Crippen LogP) is 3.86. The molecule has 1 aliphatic carbocycles. The molecule has 1 aromatic carbocycles. The van der Waals surface area contributed by atoms with E-state index in [1.165, 1.54) is 38.8 Å². The number of rotatable bonds is 2. The number of nitrogens with zero attached hydrogens (tertiary/aromatic N) is 1. The van der Waals surface area contributed by atoms with Crippen molar-refractivity contribution in [1.29, 1.82) is 0 Å². The Labute approximate surface area is 151 Å². The number of halogens is 2. The van der Waals surface area contributed by atoms with Gasteiger partial charge in [0.25, 0.3) is 5.91 Å². The van der Waals surface area contributed by atoms with Gasteiger partial charge in [0.05, 0.1) is 11.1 Å². The number of nitrogens with one attached hydrogen (secondary N) is 1. The molecule has 1 atom stereocenters. The van der Waals surface area contributed by atoms with Gasteiger partial charge >= 0.3 is 0 Å². The normalized spacial score (nSPS) is 29.5. The Morgan fingerprint density at radius 3 is 2.71 bits per heavy atom. The SMILES string of the molecule is Cl.O=C(N[C@@H]1C2CCN(CC2)C12CC2)c1cc2cccc(Cl)c2o1. The van der Waals surface area contributed by atoms with Gasteiger partial charge in [-0.1, -0.05) is 23.7 Å². The van der Waals surface area contributed by atoms with Crippen molar-refractivity contribution in [3.63, 3.8) is 0 Å².